The van der Waals surface area contributed by atoms with Gasteiger partial charge in [-0.05, 0) is 19.1 Å². The van der Waals surface area contributed by atoms with Gasteiger partial charge in [0.2, 0.25) is 0 Å². The van der Waals surface area contributed by atoms with Crippen molar-refractivity contribution in [3.63, 3.8) is 0 Å². The first-order valence-electron chi connectivity index (χ1n) is 4.91. The molecule has 0 aliphatic heterocycles. The van der Waals surface area contributed by atoms with E-state index in [1.165, 1.54) is 4.80 Å². The topological polar surface area (TPSA) is 59.8 Å². The summed E-state index contributed by atoms with van der Waals surface area (Å²) >= 11 is 0. The highest BCUT2D eigenvalue weighted by Gasteiger charge is 2.14. The van der Waals surface area contributed by atoms with E-state index >= 15 is 0 Å². The summed E-state index contributed by atoms with van der Waals surface area (Å²) in [6.45, 7) is 1.76. The third-order valence-electron chi connectivity index (χ3n) is 2.13. The Labute approximate surface area is 93.1 Å². The number of carbonyl (C=O) groups is 1. The molecule has 0 unspecified atom stereocenters. The molecule has 5 nitrogen and oxygen atoms in total. The monoisotopic (exact) mass is 216 g/mol. The number of nitrogens with one attached hydrogen (secondary N) is 1. The number of hydrogen-bond acceptors (Lipinski definition) is 3. The fourth-order valence-corrected chi connectivity index (χ4v) is 1.43. The van der Waals surface area contributed by atoms with Crippen LogP contribution in [0.4, 0.5) is 5.69 Å². The van der Waals surface area contributed by atoms with Crippen molar-refractivity contribution in [2.75, 3.05) is 5.32 Å². The number of para-hydroxylation sites is 1. The fraction of sp³-hybridized carbons (Fsp3) is 0.182. The molecule has 2 aromatic rings. The van der Waals surface area contributed by atoms with Crippen LogP contribution in [0, 0.1) is 6.92 Å². The molecule has 0 aliphatic carbocycles. The molecule has 0 saturated carbocycles. The van der Waals surface area contributed by atoms with Crippen molar-refractivity contribution >= 4 is 11.6 Å². The van der Waals surface area contributed by atoms with Gasteiger partial charge in [-0.1, -0.05) is 18.2 Å². The standard InChI is InChI=1S/C11H12N4O/c1-8-10(14-15(2)13-8)11(16)12-9-6-4-3-5-7-9/h3-7H,1-2H3,(H,12,16). The highest BCUT2D eigenvalue weighted by Crippen LogP contribution is 2.08. The highest BCUT2D eigenvalue weighted by atomic mass is 16.2. The predicted molar refractivity (Wildman–Crippen MR) is 60.1 cm³/mol. The van der Waals surface area contributed by atoms with Crippen LogP contribution >= 0.6 is 0 Å². The van der Waals surface area contributed by atoms with E-state index in [0.29, 0.717) is 11.4 Å². The number of amides is 1. The number of rotatable bonds is 2. The third kappa shape index (κ3) is 2.08. The first-order valence-corrected chi connectivity index (χ1v) is 4.91. The number of anilines is 1. The second kappa shape index (κ2) is 4.14. The summed E-state index contributed by atoms with van der Waals surface area (Å²) in [6, 6.07) is 9.26. The number of benzene rings is 1. The minimum absolute atomic E-state index is 0.239. The molecule has 5 heteroatoms. The molecule has 0 bridgehead atoms. The quantitative estimate of drug-likeness (QED) is 0.824. The van der Waals surface area contributed by atoms with Gasteiger partial charge in [-0.2, -0.15) is 9.90 Å². The summed E-state index contributed by atoms with van der Waals surface area (Å²) < 4.78 is 0. The Morgan fingerprint density at radius 3 is 2.50 bits per heavy atom. The fourth-order valence-electron chi connectivity index (χ4n) is 1.43. The first-order chi connectivity index (χ1) is 7.66. The van der Waals surface area contributed by atoms with Crippen molar-refractivity contribution in [3.8, 4) is 0 Å². The lowest BCUT2D eigenvalue weighted by molar-refractivity contribution is 0.102. The summed E-state index contributed by atoms with van der Waals surface area (Å²) in [5.41, 5.74) is 1.72. The molecule has 16 heavy (non-hydrogen) atoms. The lowest BCUT2D eigenvalue weighted by Gasteiger charge is -2.02. The van der Waals surface area contributed by atoms with Crippen LogP contribution in [0.2, 0.25) is 0 Å². The van der Waals surface area contributed by atoms with Crippen molar-refractivity contribution in [2.45, 2.75) is 6.92 Å². The van der Waals surface area contributed by atoms with Crippen molar-refractivity contribution in [2.24, 2.45) is 7.05 Å². The smallest absolute Gasteiger partial charge is 0.278 e. The minimum Gasteiger partial charge on any atom is -0.321 e. The summed E-state index contributed by atoms with van der Waals surface area (Å²) in [7, 11) is 1.69. The Morgan fingerprint density at radius 2 is 1.94 bits per heavy atom. The van der Waals surface area contributed by atoms with Crippen LogP contribution in [0.25, 0.3) is 0 Å². The number of hydrogen-bond donors (Lipinski definition) is 1. The van der Waals surface area contributed by atoms with Gasteiger partial charge in [-0.25, -0.2) is 0 Å². The molecule has 1 heterocycles. The van der Waals surface area contributed by atoms with E-state index in [-0.39, 0.29) is 5.91 Å². The Hall–Kier alpha value is -2.17. The van der Waals surface area contributed by atoms with Crippen molar-refractivity contribution in [3.05, 3.63) is 41.7 Å². The SMILES string of the molecule is Cc1nn(C)nc1C(=O)Nc1ccccc1. The van der Waals surface area contributed by atoms with Gasteiger partial charge in [0.15, 0.2) is 5.69 Å². The van der Waals surface area contributed by atoms with Crippen LogP contribution in [0.1, 0.15) is 16.2 Å². The van der Waals surface area contributed by atoms with Gasteiger partial charge in [0, 0.05) is 12.7 Å². The molecule has 1 aromatic carbocycles. The molecule has 0 atom stereocenters. The van der Waals surface area contributed by atoms with Crippen molar-refractivity contribution in [1.29, 1.82) is 0 Å². The average Bonchev–Trinajstić information content (AvgIpc) is 2.59. The maximum Gasteiger partial charge on any atom is 0.278 e. The molecule has 82 valence electrons. The lowest BCUT2D eigenvalue weighted by atomic mass is 10.3. The van der Waals surface area contributed by atoms with Crippen LogP contribution in [0.5, 0.6) is 0 Å². The van der Waals surface area contributed by atoms with E-state index in [9.17, 15) is 4.79 Å². The van der Waals surface area contributed by atoms with E-state index < -0.39 is 0 Å². The first kappa shape index (κ1) is 10.4. The zero-order chi connectivity index (χ0) is 11.5. The summed E-state index contributed by atoms with van der Waals surface area (Å²) in [6.07, 6.45) is 0. The van der Waals surface area contributed by atoms with Gasteiger partial charge in [0.25, 0.3) is 5.91 Å². The van der Waals surface area contributed by atoms with Gasteiger partial charge < -0.3 is 5.32 Å². The van der Waals surface area contributed by atoms with E-state index in [4.69, 9.17) is 0 Å². The molecule has 1 aromatic heterocycles. The molecular weight excluding hydrogens is 204 g/mol. The summed E-state index contributed by atoms with van der Waals surface area (Å²) in [5.74, 6) is -0.239. The maximum atomic E-state index is 11.8. The van der Waals surface area contributed by atoms with E-state index in [2.05, 4.69) is 15.5 Å². The third-order valence-corrected chi connectivity index (χ3v) is 2.13. The summed E-state index contributed by atoms with van der Waals surface area (Å²) in [5, 5.41) is 10.8. The van der Waals surface area contributed by atoms with Gasteiger partial charge in [0.05, 0.1) is 5.69 Å². The number of aromatic nitrogens is 3. The maximum absolute atomic E-state index is 11.8. The molecule has 0 saturated heterocycles. The number of aryl methyl sites for hydroxylation is 2. The normalized spacial score (nSPS) is 10.1. The zero-order valence-corrected chi connectivity index (χ0v) is 9.14. The van der Waals surface area contributed by atoms with Crippen LogP contribution in [0.15, 0.2) is 30.3 Å². The molecule has 0 spiro atoms. The predicted octanol–water partition coefficient (Wildman–Crippen LogP) is 1.38. The van der Waals surface area contributed by atoms with Crippen LogP contribution in [0.3, 0.4) is 0 Å². The lowest BCUT2D eigenvalue weighted by Crippen LogP contribution is -2.13. The second-order valence-corrected chi connectivity index (χ2v) is 3.44. The van der Waals surface area contributed by atoms with Crippen LogP contribution < -0.4 is 5.32 Å². The largest absolute Gasteiger partial charge is 0.321 e. The van der Waals surface area contributed by atoms with Gasteiger partial charge in [0.1, 0.15) is 0 Å². The molecular formula is C11H12N4O. The zero-order valence-electron chi connectivity index (χ0n) is 9.14. The molecule has 0 radical (unpaired) electrons. The van der Waals surface area contributed by atoms with Crippen molar-refractivity contribution < 1.29 is 4.79 Å². The molecule has 1 amide bonds. The van der Waals surface area contributed by atoms with E-state index in [0.717, 1.165) is 5.69 Å². The van der Waals surface area contributed by atoms with Gasteiger partial charge >= 0.3 is 0 Å². The summed E-state index contributed by atoms with van der Waals surface area (Å²) in [4.78, 5) is 13.2. The Bertz CT molecular complexity index is 504. The van der Waals surface area contributed by atoms with E-state index in [1.807, 2.05) is 30.3 Å². The minimum atomic E-state index is -0.239. The number of carbonyl (C=O) groups excluding carboxylic acids is 1. The van der Waals surface area contributed by atoms with Gasteiger partial charge in [-0.3, -0.25) is 4.79 Å². The van der Waals surface area contributed by atoms with Crippen LogP contribution in [-0.2, 0) is 7.05 Å². The Kier molecular flexibility index (Phi) is 2.68. The highest BCUT2D eigenvalue weighted by molar-refractivity contribution is 6.03. The van der Waals surface area contributed by atoms with Gasteiger partial charge in [-0.15, -0.1) is 5.10 Å². The van der Waals surface area contributed by atoms with Crippen LogP contribution in [-0.4, -0.2) is 20.9 Å². The number of nitrogens with zero attached hydrogens (tertiary/aromatic N) is 3. The molecule has 1 N–H and O–H groups in total. The Balaban J connectivity index is 2.18. The molecule has 0 fully saturated rings. The molecule has 0 aliphatic rings. The average molecular weight is 216 g/mol. The van der Waals surface area contributed by atoms with Crippen molar-refractivity contribution in [1.82, 2.24) is 15.0 Å². The second-order valence-electron chi connectivity index (χ2n) is 3.44. The molecule has 2 rings (SSSR count). The van der Waals surface area contributed by atoms with E-state index in [1.54, 1.807) is 14.0 Å². The Morgan fingerprint density at radius 1 is 1.25 bits per heavy atom.